The molecule has 1 atom stereocenters. The van der Waals surface area contributed by atoms with Crippen molar-refractivity contribution in [1.82, 2.24) is 0 Å². The number of anilines is 1. The van der Waals surface area contributed by atoms with Crippen molar-refractivity contribution in [3.63, 3.8) is 0 Å². The van der Waals surface area contributed by atoms with E-state index in [0.29, 0.717) is 18.7 Å². The lowest BCUT2D eigenvalue weighted by molar-refractivity contribution is -0.144. The molecule has 0 fully saturated rings. The highest BCUT2D eigenvalue weighted by atomic mass is 32.2. The molecule has 0 radical (unpaired) electrons. The third kappa shape index (κ3) is 5.71. The molecule has 0 aliphatic rings. The number of benzene rings is 1. The molecular formula is C12H18N2O4S. The first kappa shape index (κ1) is 15.5. The molecular weight excluding hydrogens is 268 g/mol. The number of nitrogens with one attached hydrogen (secondary N) is 1. The van der Waals surface area contributed by atoms with Gasteiger partial charge in [0.05, 0.1) is 12.9 Å². The van der Waals surface area contributed by atoms with Gasteiger partial charge in [-0.25, -0.2) is 8.42 Å². The second kappa shape index (κ2) is 6.53. The van der Waals surface area contributed by atoms with Crippen molar-refractivity contribution in [3.8, 4) is 0 Å². The Morgan fingerprint density at radius 2 is 1.95 bits per heavy atom. The first-order chi connectivity index (χ1) is 8.81. The van der Waals surface area contributed by atoms with Crippen molar-refractivity contribution < 1.29 is 17.9 Å². The maximum atomic E-state index is 11.4. The zero-order valence-corrected chi connectivity index (χ0v) is 11.7. The van der Waals surface area contributed by atoms with E-state index in [1.54, 1.807) is 31.2 Å². The van der Waals surface area contributed by atoms with Crippen molar-refractivity contribution in [2.75, 3.05) is 17.6 Å². The van der Waals surface area contributed by atoms with Gasteiger partial charge in [0.15, 0.2) is 0 Å². The van der Waals surface area contributed by atoms with E-state index in [4.69, 9.17) is 10.5 Å². The molecule has 19 heavy (non-hydrogen) atoms. The summed E-state index contributed by atoms with van der Waals surface area (Å²) in [6.45, 7) is 2.01. The van der Waals surface area contributed by atoms with Crippen LogP contribution in [0.15, 0.2) is 24.3 Å². The Morgan fingerprint density at radius 3 is 2.42 bits per heavy atom. The lowest BCUT2D eigenvalue weighted by Crippen LogP contribution is -2.34. The molecule has 1 rings (SSSR count). The zero-order valence-electron chi connectivity index (χ0n) is 10.9. The van der Waals surface area contributed by atoms with Gasteiger partial charge in [0.25, 0.3) is 0 Å². The number of hydrogen-bond acceptors (Lipinski definition) is 5. The molecule has 3 N–H and O–H groups in total. The molecule has 0 aliphatic heterocycles. The Morgan fingerprint density at radius 1 is 1.37 bits per heavy atom. The van der Waals surface area contributed by atoms with Gasteiger partial charge in [0, 0.05) is 5.69 Å². The number of rotatable bonds is 6. The van der Waals surface area contributed by atoms with Gasteiger partial charge in [-0.1, -0.05) is 12.1 Å². The van der Waals surface area contributed by atoms with Crippen LogP contribution in [0.4, 0.5) is 5.69 Å². The van der Waals surface area contributed by atoms with E-state index >= 15 is 0 Å². The van der Waals surface area contributed by atoms with Crippen LogP contribution in [0.5, 0.6) is 0 Å². The Labute approximate surface area is 113 Å². The van der Waals surface area contributed by atoms with Crippen molar-refractivity contribution >= 4 is 21.7 Å². The van der Waals surface area contributed by atoms with E-state index < -0.39 is 22.0 Å². The minimum Gasteiger partial charge on any atom is -0.465 e. The van der Waals surface area contributed by atoms with Crippen LogP contribution in [0.2, 0.25) is 0 Å². The van der Waals surface area contributed by atoms with Gasteiger partial charge < -0.3 is 10.5 Å². The van der Waals surface area contributed by atoms with Gasteiger partial charge in [-0.15, -0.1) is 0 Å². The SMILES string of the molecule is CCOC(=O)[C@@H](N)Cc1ccc(NS(C)(=O)=O)cc1. The van der Waals surface area contributed by atoms with Crippen LogP contribution in [0.1, 0.15) is 12.5 Å². The van der Waals surface area contributed by atoms with Crippen LogP contribution < -0.4 is 10.5 Å². The van der Waals surface area contributed by atoms with Crippen LogP contribution in [0.25, 0.3) is 0 Å². The average molecular weight is 286 g/mol. The van der Waals surface area contributed by atoms with Gasteiger partial charge in [0.1, 0.15) is 6.04 Å². The van der Waals surface area contributed by atoms with Crippen LogP contribution in [0, 0.1) is 0 Å². The first-order valence-electron chi connectivity index (χ1n) is 5.80. The van der Waals surface area contributed by atoms with E-state index in [1.165, 1.54) is 0 Å². The van der Waals surface area contributed by atoms with E-state index in [0.717, 1.165) is 11.8 Å². The standard InChI is InChI=1S/C12H18N2O4S/c1-3-18-12(15)11(13)8-9-4-6-10(7-5-9)14-19(2,16)17/h4-7,11,14H,3,8,13H2,1-2H3/t11-/m0/s1. The van der Waals surface area contributed by atoms with Crippen molar-refractivity contribution in [2.24, 2.45) is 5.73 Å². The normalized spacial score (nSPS) is 12.8. The van der Waals surface area contributed by atoms with Crippen LogP contribution in [0.3, 0.4) is 0 Å². The number of nitrogens with two attached hydrogens (primary N) is 1. The average Bonchev–Trinajstić information content (AvgIpc) is 2.30. The zero-order chi connectivity index (χ0) is 14.5. The van der Waals surface area contributed by atoms with E-state index in [-0.39, 0.29) is 0 Å². The predicted octanol–water partition coefficient (Wildman–Crippen LogP) is 0.491. The fourth-order valence-electron chi connectivity index (χ4n) is 1.51. The molecule has 0 heterocycles. The molecule has 1 aromatic carbocycles. The van der Waals surface area contributed by atoms with Crippen LogP contribution in [-0.4, -0.2) is 33.3 Å². The largest absolute Gasteiger partial charge is 0.465 e. The highest BCUT2D eigenvalue weighted by Crippen LogP contribution is 2.12. The summed E-state index contributed by atoms with van der Waals surface area (Å²) < 4.78 is 29.2. The van der Waals surface area contributed by atoms with Crippen LogP contribution >= 0.6 is 0 Å². The van der Waals surface area contributed by atoms with Gasteiger partial charge in [-0.2, -0.15) is 0 Å². The fraction of sp³-hybridized carbons (Fsp3) is 0.417. The van der Waals surface area contributed by atoms with Crippen molar-refractivity contribution in [1.29, 1.82) is 0 Å². The quantitative estimate of drug-likeness (QED) is 0.742. The minimum atomic E-state index is -3.28. The van der Waals surface area contributed by atoms with Crippen molar-refractivity contribution in [3.05, 3.63) is 29.8 Å². The first-order valence-corrected chi connectivity index (χ1v) is 7.70. The lowest BCUT2D eigenvalue weighted by Gasteiger charge is -2.11. The third-order valence-electron chi connectivity index (χ3n) is 2.30. The molecule has 0 saturated carbocycles. The molecule has 0 bridgehead atoms. The van der Waals surface area contributed by atoms with Gasteiger partial charge in [-0.3, -0.25) is 9.52 Å². The number of sulfonamides is 1. The lowest BCUT2D eigenvalue weighted by atomic mass is 10.1. The summed E-state index contributed by atoms with van der Waals surface area (Å²) in [7, 11) is -3.28. The van der Waals surface area contributed by atoms with Gasteiger partial charge >= 0.3 is 5.97 Å². The summed E-state index contributed by atoms with van der Waals surface area (Å²) in [5.41, 5.74) is 6.99. The number of carbonyl (C=O) groups is 1. The summed E-state index contributed by atoms with van der Waals surface area (Å²) in [4.78, 5) is 11.4. The Hall–Kier alpha value is -1.60. The molecule has 6 nitrogen and oxygen atoms in total. The smallest absolute Gasteiger partial charge is 0.323 e. The third-order valence-corrected chi connectivity index (χ3v) is 2.91. The number of carbonyl (C=O) groups excluding carboxylic acids is 1. The molecule has 0 unspecified atom stereocenters. The summed E-state index contributed by atoms with van der Waals surface area (Å²) >= 11 is 0. The van der Waals surface area contributed by atoms with Crippen molar-refractivity contribution in [2.45, 2.75) is 19.4 Å². The monoisotopic (exact) mass is 286 g/mol. The molecule has 1 aromatic rings. The molecule has 7 heteroatoms. The molecule has 0 amide bonds. The number of esters is 1. The van der Waals surface area contributed by atoms with Gasteiger partial charge in [0.2, 0.25) is 10.0 Å². The number of hydrogen-bond donors (Lipinski definition) is 2. The Balaban J connectivity index is 2.64. The predicted molar refractivity (Wildman–Crippen MR) is 73.2 cm³/mol. The topological polar surface area (TPSA) is 98.5 Å². The highest BCUT2D eigenvalue weighted by Gasteiger charge is 2.14. The van der Waals surface area contributed by atoms with E-state index in [1.807, 2.05) is 0 Å². The second-order valence-corrected chi connectivity index (χ2v) is 5.88. The second-order valence-electron chi connectivity index (χ2n) is 4.13. The maximum Gasteiger partial charge on any atom is 0.323 e. The Bertz CT molecular complexity index is 525. The molecule has 0 aliphatic carbocycles. The van der Waals surface area contributed by atoms with Gasteiger partial charge in [-0.05, 0) is 31.0 Å². The molecule has 0 spiro atoms. The summed E-state index contributed by atoms with van der Waals surface area (Å²) in [5, 5.41) is 0. The maximum absolute atomic E-state index is 11.4. The highest BCUT2D eigenvalue weighted by molar-refractivity contribution is 7.92. The molecule has 0 aromatic heterocycles. The minimum absolute atomic E-state index is 0.295. The molecule has 106 valence electrons. The van der Waals surface area contributed by atoms with E-state index in [2.05, 4.69) is 4.72 Å². The van der Waals surface area contributed by atoms with E-state index in [9.17, 15) is 13.2 Å². The Kier molecular flexibility index (Phi) is 5.31. The number of ether oxygens (including phenoxy) is 1. The fourth-order valence-corrected chi connectivity index (χ4v) is 2.07. The molecule has 0 saturated heterocycles. The summed E-state index contributed by atoms with van der Waals surface area (Å²) in [6.07, 6.45) is 1.43. The summed E-state index contributed by atoms with van der Waals surface area (Å²) in [5.74, 6) is -0.444. The van der Waals surface area contributed by atoms with Crippen LogP contribution in [-0.2, 0) is 26.0 Å². The summed E-state index contributed by atoms with van der Waals surface area (Å²) in [6, 6.07) is 5.95.